The van der Waals surface area contributed by atoms with E-state index < -0.39 is 0 Å². The lowest BCUT2D eigenvalue weighted by Crippen LogP contribution is -2.26. The van der Waals surface area contributed by atoms with Gasteiger partial charge in [-0.1, -0.05) is 17.3 Å². The first-order valence-electron chi connectivity index (χ1n) is 9.24. The van der Waals surface area contributed by atoms with E-state index in [9.17, 15) is 9.70 Å². The molecule has 0 unspecified atom stereocenters. The van der Waals surface area contributed by atoms with Crippen molar-refractivity contribution in [3.05, 3.63) is 58.3 Å². The molecule has 1 aliphatic carbocycles. The van der Waals surface area contributed by atoms with Gasteiger partial charge in [0, 0.05) is 29.7 Å². The Kier molecular flexibility index (Phi) is 4.48. The molecular formula is C21H22N4O2. The lowest BCUT2D eigenvalue weighted by atomic mass is 9.95. The molecule has 1 aromatic carbocycles. The molecule has 0 radical (unpaired) electrons. The Morgan fingerprint density at radius 3 is 2.81 bits per heavy atom. The van der Waals surface area contributed by atoms with Crippen LogP contribution in [-0.2, 0) is 4.79 Å². The summed E-state index contributed by atoms with van der Waals surface area (Å²) in [6.45, 7) is 4.49. The molecule has 0 saturated heterocycles. The molecule has 1 amide bonds. The number of dihydropyridines is 1. The Morgan fingerprint density at radius 1 is 1.30 bits per heavy atom. The smallest absolute Gasteiger partial charge is 0.228 e. The predicted octanol–water partition coefficient (Wildman–Crippen LogP) is 4.00. The van der Waals surface area contributed by atoms with Gasteiger partial charge in [0.05, 0.1) is 0 Å². The van der Waals surface area contributed by atoms with Crippen LogP contribution in [0.25, 0.3) is 16.3 Å². The molecule has 2 aromatic rings. The second-order valence-corrected chi connectivity index (χ2v) is 7.29. The third kappa shape index (κ3) is 3.60. The van der Waals surface area contributed by atoms with Crippen molar-refractivity contribution in [1.82, 2.24) is 10.3 Å². The normalized spacial score (nSPS) is 17.9. The van der Waals surface area contributed by atoms with E-state index in [-0.39, 0.29) is 17.9 Å². The molecule has 0 spiro atoms. The molecule has 1 aromatic heterocycles. The number of benzene rings is 1. The number of fused-ring (bicyclic) bond motifs is 1. The highest BCUT2D eigenvalue weighted by Gasteiger charge is 2.29. The monoisotopic (exact) mass is 362 g/mol. The minimum Gasteiger partial charge on any atom is -0.382 e. The highest BCUT2D eigenvalue weighted by atomic mass is 16.3. The number of pyridine rings is 1. The molecule has 1 saturated carbocycles. The largest absolute Gasteiger partial charge is 0.382 e. The summed E-state index contributed by atoms with van der Waals surface area (Å²) in [4.78, 5) is 27.1. The van der Waals surface area contributed by atoms with Crippen LogP contribution >= 0.6 is 0 Å². The zero-order valence-corrected chi connectivity index (χ0v) is 15.5. The van der Waals surface area contributed by atoms with Gasteiger partial charge in [-0.2, -0.15) is 4.91 Å². The molecule has 6 nitrogen and oxygen atoms in total. The Bertz CT molecular complexity index is 989. The van der Waals surface area contributed by atoms with E-state index >= 15 is 0 Å². The zero-order valence-electron chi connectivity index (χ0n) is 15.5. The van der Waals surface area contributed by atoms with Crippen LogP contribution in [-0.4, -0.2) is 23.5 Å². The number of hydrogen-bond acceptors (Lipinski definition) is 5. The summed E-state index contributed by atoms with van der Waals surface area (Å²) in [6.07, 6.45) is 5.74. The molecule has 1 fully saturated rings. The first kappa shape index (κ1) is 17.4. The molecule has 1 atom stereocenters. The van der Waals surface area contributed by atoms with Gasteiger partial charge in [-0.15, -0.1) is 0 Å². The number of rotatable bonds is 5. The standard InChI is InChI=1S/C21H22N4O2/c1-12-7-19(13(2)25-27)22-11-18(12)16-6-5-15-9-20(23-10-17(15)8-16)24-21(26)14-3-4-14/h5-10,13-14,22H,3-4,11H2,1-2H3,(H,23,24,26)/t13-/m1/s1. The second-order valence-electron chi connectivity index (χ2n) is 7.29. The SMILES string of the molecule is CC1=C(c2ccc3cc(NC(=O)C4CC4)ncc3c2)CNC([C@@H](C)N=O)=C1. The summed E-state index contributed by atoms with van der Waals surface area (Å²) in [5.41, 5.74) is 4.28. The Balaban J connectivity index is 1.61. The fourth-order valence-corrected chi connectivity index (χ4v) is 3.33. The predicted molar refractivity (Wildman–Crippen MR) is 107 cm³/mol. The summed E-state index contributed by atoms with van der Waals surface area (Å²) in [5, 5.41) is 11.3. The Hall–Kier alpha value is -3.02. The van der Waals surface area contributed by atoms with Crippen molar-refractivity contribution in [3.8, 4) is 0 Å². The van der Waals surface area contributed by atoms with Crippen molar-refractivity contribution in [2.75, 3.05) is 11.9 Å². The quantitative estimate of drug-likeness (QED) is 0.788. The molecule has 6 heteroatoms. The highest BCUT2D eigenvalue weighted by Crippen LogP contribution is 2.31. The van der Waals surface area contributed by atoms with Gasteiger partial charge in [0.2, 0.25) is 5.91 Å². The third-order valence-electron chi connectivity index (χ3n) is 5.20. The number of nitrogens with zero attached hydrogens (tertiary/aromatic N) is 2. The first-order chi connectivity index (χ1) is 13.0. The number of amides is 1. The number of nitroso groups, excluding NO2 is 1. The summed E-state index contributed by atoms with van der Waals surface area (Å²) in [7, 11) is 0. The van der Waals surface area contributed by atoms with Crippen molar-refractivity contribution >= 4 is 28.1 Å². The van der Waals surface area contributed by atoms with Gasteiger partial charge in [-0.25, -0.2) is 4.98 Å². The number of anilines is 1. The van der Waals surface area contributed by atoms with Crippen molar-refractivity contribution in [1.29, 1.82) is 0 Å². The second kappa shape index (κ2) is 6.95. The maximum Gasteiger partial charge on any atom is 0.228 e. The van der Waals surface area contributed by atoms with E-state index in [0.29, 0.717) is 12.4 Å². The number of carbonyl (C=O) groups excluding carboxylic acids is 1. The maximum absolute atomic E-state index is 11.9. The van der Waals surface area contributed by atoms with Crippen molar-refractivity contribution < 1.29 is 4.79 Å². The average molecular weight is 362 g/mol. The number of carbonyl (C=O) groups is 1. The van der Waals surface area contributed by atoms with Crippen molar-refractivity contribution in [2.24, 2.45) is 11.1 Å². The van der Waals surface area contributed by atoms with E-state index in [1.54, 1.807) is 13.1 Å². The van der Waals surface area contributed by atoms with Crippen LogP contribution in [0.3, 0.4) is 0 Å². The van der Waals surface area contributed by atoms with Crippen LogP contribution in [0.2, 0.25) is 0 Å². The van der Waals surface area contributed by atoms with Crippen molar-refractivity contribution in [2.45, 2.75) is 32.7 Å². The van der Waals surface area contributed by atoms with E-state index in [1.165, 1.54) is 5.57 Å². The van der Waals surface area contributed by atoms with Gasteiger partial charge in [0.25, 0.3) is 0 Å². The minimum absolute atomic E-state index is 0.0640. The zero-order chi connectivity index (χ0) is 19.0. The average Bonchev–Trinajstić information content (AvgIpc) is 3.52. The van der Waals surface area contributed by atoms with Crippen LogP contribution in [0.15, 0.2) is 53.0 Å². The Labute approximate surface area is 157 Å². The van der Waals surface area contributed by atoms with Gasteiger partial charge in [-0.05, 0) is 67.0 Å². The molecule has 138 valence electrons. The lowest BCUT2D eigenvalue weighted by molar-refractivity contribution is -0.117. The number of aromatic nitrogens is 1. The van der Waals surface area contributed by atoms with Crippen LogP contribution in [0.4, 0.5) is 5.82 Å². The summed E-state index contributed by atoms with van der Waals surface area (Å²) in [6, 6.07) is 7.78. The van der Waals surface area contributed by atoms with Gasteiger partial charge in [0.1, 0.15) is 11.9 Å². The van der Waals surface area contributed by atoms with E-state index in [2.05, 4.69) is 32.9 Å². The molecule has 2 N–H and O–H groups in total. The van der Waals surface area contributed by atoms with Gasteiger partial charge < -0.3 is 10.6 Å². The molecule has 0 bridgehead atoms. The fraction of sp³-hybridized carbons (Fsp3) is 0.333. The fourth-order valence-electron chi connectivity index (χ4n) is 3.33. The van der Waals surface area contributed by atoms with Crippen LogP contribution in [0.5, 0.6) is 0 Å². The number of hydrogen-bond donors (Lipinski definition) is 2. The van der Waals surface area contributed by atoms with E-state index in [0.717, 1.165) is 40.4 Å². The van der Waals surface area contributed by atoms with E-state index in [1.807, 2.05) is 25.1 Å². The Morgan fingerprint density at radius 2 is 2.11 bits per heavy atom. The van der Waals surface area contributed by atoms with Gasteiger partial charge in [-0.3, -0.25) is 4.79 Å². The first-order valence-corrected chi connectivity index (χ1v) is 9.24. The highest BCUT2D eigenvalue weighted by molar-refractivity contribution is 5.95. The van der Waals surface area contributed by atoms with E-state index in [4.69, 9.17) is 0 Å². The lowest BCUT2D eigenvalue weighted by Gasteiger charge is -2.22. The van der Waals surface area contributed by atoms with Gasteiger partial charge in [0.15, 0.2) is 0 Å². The van der Waals surface area contributed by atoms with Crippen LogP contribution < -0.4 is 10.6 Å². The minimum atomic E-state index is -0.369. The van der Waals surface area contributed by atoms with Crippen LogP contribution in [0, 0.1) is 10.8 Å². The van der Waals surface area contributed by atoms with Crippen molar-refractivity contribution in [3.63, 3.8) is 0 Å². The molecule has 2 heterocycles. The molecule has 4 rings (SSSR count). The third-order valence-corrected chi connectivity index (χ3v) is 5.20. The van der Waals surface area contributed by atoms with Gasteiger partial charge >= 0.3 is 0 Å². The topological polar surface area (TPSA) is 83.4 Å². The number of nitrogens with one attached hydrogen (secondary N) is 2. The number of allylic oxidation sites excluding steroid dienone is 2. The molecule has 1 aliphatic heterocycles. The molecule has 2 aliphatic rings. The summed E-state index contributed by atoms with van der Waals surface area (Å²) in [5.74, 6) is 0.827. The summed E-state index contributed by atoms with van der Waals surface area (Å²) < 4.78 is 0. The van der Waals surface area contributed by atoms with Crippen LogP contribution in [0.1, 0.15) is 32.3 Å². The molecule has 27 heavy (non-hydrogen) atoms. The maximum atomic E-state index is 11.9. The molecular weight excluding hydrogens is 340 g/mol. The summed E-state index contributed by atoms with van der Waals surface area (Å²) >= 11 is 0.